The van der Waals surface area contributed by atoms with E-state index in [1.807, 2.05) is 6.92 Å². The number of halogens is 1. The third-order valence-electron chi connectivity index (χ3n) is 3.29. The van der Waals surface area contributed by atoms with Gasteiger partial charge in [-0.1, -0.05) is 13.0 Å². The average molecular weight is 277 g/mol. The third-order valence-corrected chi connectivity index (χ3v) is 3.29. The third kappa shape index (κ3) is 3.71. The van der Waals surface area contributed by atoms with Crippen molar-refractivity contribution in [1.29, 1.82) is 0 Å². The summed E-state index contributed by atoms with van der Waals surface area (Å²) in [6, 6.07) is -0.883. The lowest BCUT2D eigenvalue weighted by Gasteiger charge is -2.28. The van der Waals surface area contributed by atoms with Crippen LogP contribution in [-0.4, -0.2) is 35.1 Å². The molecule has 0 aliphatic carbocycles. The summed E-state index contributed by atoms with van der Waals surface area (Å²) in [6.45, 7) is 6.23. The number of carboxylic acid groups (broad SMARTS) is 1. The summed E-state index contributed by atoms with van der Waals surface area (Å²) in [4.78, 5) is 23.1. The lowest BCUT2D eigenvalue weighted by molar-refractivity contribution is -0.142. The molecule has 104 valence electrons. The van der Waals surface area contributed by atoms with Crippen LogP contribution in [0.5, 0.6) is 0 Å². The van der Waals surface area contributed by atoms with Gasteiger partial charge in [-0.3, -0.25) is 4.79 Å². The molecule has 1 heterocycles. The molecular weight excluding hydrogens is 256 g/mol. The summed E-state index contributed by atoms with van der Waals surface area (Å²) in [5.74, 6) is -1.24. The molecule has 0 aromatic rings. The molecule has 3 N–H and O–H groups in total. The number of rotatable bonds is 6. The number of hydrogen-bond donors (Lipinski definition) is 3. The Morgan fingerprint density at radius 1 is 1.61 bits per heavy atom. The molecule has 2 unspecified atom stereocenters. The molecule has 1 saturated heterocycles. The van der Waals surface area contributed by atoms with Crippen LogP contribution < -0.4 is 10.6 Å². The van der Waals surface area contributed by atoms with Crippen molar-refractivity contribution in [2.45, 2.75) is 44.2 Å². The zero-order valence-corrected chi connectivity index (χ0v) is 11.4. The Hall–Kier alpha value is -1.07. The first-order valence-electron chi connectivity index (χ1n) is 5.95. The predicted octanol–water partition coefficient (Wildman–Crippen LogP) is 1.09. The zero-order valence-electron chi connectivity index (χ0n) is 10.6. The maximum Gasteiger partial charge on any atom is 0.326 e. The van der Waals surface area contributed by atoms with E-state index in [4.69, 9.17) is 5.11 Å². The van der Waals surface area contributed by atoms with E-state index in [0.717, 1.165) is 19.4 Å². The lowest BCUT2D eigenvalue weighted by atomic mass is 9.92. The van der Waals surface area contributed by atoms with Crippen molar-refractivity contribution in [2.24, 2.45) is 0 Å². The predicted molar refractivity (Wildman–Crippen MR) is 71.9 cm³/mol. The minimum atomic E-state index is -1.03. The van der Waals surface area contributed by atoms with Crippen LogP contribution in [0.3, 0.4) is 0 Å². The molecule has 1 aliphatic rings. The van der Waals surface area contributed by atoms with E-state index >= 15 is 0 Å². The minimum Gasteiger partial charge on any atom is -0.480 e. The first-order chi connectivity index (χ1) is 8.05. The molecule has 18 heavy (non-hydrogen) atoms. The highest BCUT2D eigenvalue weighted by molar-refractivity contribution is 5.90. The van der Waals surface area contributed by atoms with Crippen LogP contribution in [0, 0.1) is 0 Å². The van der Waals surface area contributed by atoms with Gasteiger partial charge in [0.15, 0.2) is 0 Å². The summed E-state index contributed by atoms with van der Waals surface area (Å²) in [7, 11) is 0. The number of carbonyl (C=O) groups excluding carboxylic acids is 1. The molecule has 1 rings (SSSR count). The number of carbonyl (C=O) groups is 2. The van der Waals surface area contributed by atoms with Crippen molar-refractivity contribution < 1.29 is 14.7 Å². The second kappa shape index (κ2) is 7.38. The van der Waals surface area contributed by atoms with Gasteiger partial charge >= 0.3 is 5.97 Å². The van der Waals surface area contributed by atoms with Gasteiger partial charge in [0.25, 0.3) is 0 Å². The molecule has 5 nitrogen and oxygen atoms in total. The minimum absolute atomic E-state index is 0. The second-order valence-corrected chi connectivity index (χ2v) is 4.35. The summed E-state index contributed by atoms with van der Waals surface area (Å²) >= 11 is 0. The van der Waals surface area contributed by atoms with Gasteiger partial charge in [0.05, 0.1) is 5.54 Å². The van der Waals surface area contributed by atoms with Gasteiger partial charge in [0.1, 0.15) is 6.04 Å². The number of amides is 1. The van der Waals surface area contributed by atoms with Crippen LogP contribution in [0.4, 0.5) is 0 Å². The molecule has 1 amide bonds. The van der Waals surface area contributed by atoms with Crippen molar-refractivity contribution in [3.05, 3.63) is 12.7 Å². The number of aliphatic carboxylic acids is 1. The quantitative estimate of drug-likeness (QED) is 0.635. The molecule has 0 saturated carbocycles. The molecule has 0 bridgehead atoms. The van der Waals surface area contributed by atoms with E-state index in [2.05, 4.69) is 17.2 Å². The van der Waals surface area contributed by atoms with Crippen LogP contribution in [0.15, 0.2) is 12.7 Å². The molecular formula is C12H21ClN2O3. The standard InChI is InChI=1S/C12H20N2O3.ClH/c1-3-6-9(10(15)16)14-11(17)12(4-2)7-5-8-13-12;/h3,9,13H,1,4-8H2,2H3,(H,14,17)(H,15,16);1H. The van der Waals surface area contributed by atoms with Crippen molar-refractivity contribution in [3.63, 3.8) is 0 Å². The van der Waals surface area contributed by atoms with E-state index in [1.165, 1.54) is 6.08 Å². The maximum absolute atomic E-state index is 12.1. The summed E-state index contributed by atoms with van der Waals surface area (Å²) in [5, 5.41) is 14.7. The first-order valence-corrected chi connectivity index (χ1v) is 5.95. The maximum atomic E-state index is 12.1. The van der Waals surface area contributed by atoms with E-state index in [0.29, 0.717) is 6.42 Å². The molecule has 1 aliphatic heterocycles. The van der Waals surface area contributed by atoms with Crippen LogP contribution in [0.25, 0.3) is 0 Å². The Kier molecular flexibility index (Phi) is 6.94. The Morgan fingerprint density at radius 2 is 2.28 bits per heavy atom. The van der Waals surface area contributed by atoms with E-state index in [1.54, 1.807) is 0 Å². The van der Waals surface area contributed by atoms with Gasteiger partial charge in [0, 0.05) is 0 Å². The Bertz CT molecular complexity index is 314. The van der Waals surface area contributed by atoms with Gasteiger partial charge < -0.3 is 15.7 Å². The fourth-order valence-electron chi connectivity index (χ4n) is 2.15. The van der Waals surface area contributed by atoms with Crippen LogP contribution in [0.1, 0.15) is 32.6 Å². The van der Waals surface area contributed by atoms with Crippen molar-refractivity contribution in [1.82, 2.24) is 10.6 Å². The Labute approximate surface area is 113 Å². The molecule has 2 atom stereocenters. The first kappa shape index (κ1) is 16.9. The summed E-state index contributed by atoms with van der Waals surface area (Å²) < 4.78 is 0. The number of carboxylic acids is 1. The Balaban J connectivity index is 0.00000289. The van der Waals surface area contributed by atoms with Crippen molar-refractivity contribution >= 4 is 24.3 Å². The molecule has 0 spiro atoms. The highest BCUT2D eigenvalue weighted by Crippen LogP contribution is 2.23. The molecule has 6 heteroatoms. The normalized spacial score (nSPS) is 23.8. The Morgan fingerprint density at radius 3 is 2.67 bits per heavy atom. The fourth-order valence-corrected chi connectivity index (χ4v) is 2.15. The molecule has 0 aromatic heterocycles. The molecule has 0 radical (unpaired) electrons. The van der Waals surface area contributed by atoms with Gasteiger partial charge in [-0.25, -0.2) is 4.79 Å². The van der Waals surface area contributed by atoms with Crippen LogP contribution in [-0.2, 0) is 9.59 Å². The summed E-state index contributed by atoms with van der Waals surface area (Å²) in [6.07, 6.45) is 4.11. The van der Waals surface area contributed by atoms with Gasteiger partial charge in [-0.05, 0) is 32.2 Å². The number of hydrogen-bond acceptors (Lipinski definition) is 3. The molecule has 0 aromatic carbocycles. The lowest BCUT2D eigenvalue weighted by Crippen LogP contribution is -2.56. The SMILES string of the molecule is C=CCC(NC(=O)C1(CC)CCCN1)C(=O)O.Cl. The highest BCUT2D eigenvalue weighted by atomic mass is 35.5. The van der Waals surface area contributed by atoms with Crippen molar-refractivity contribution in [3.8, 4) is 0 Å². The smallest absolute Gasteiger partial charge is 0.326 e. The van der Waals surface area contributed by atoms with Crippen LogP contribution in [0.2, 0.25) is 0 Å². The van der Waals surface area contributed by atoms with E-state index in [9.17, 15) is 9.59 Å². The zero-order chi connectivity index (χ0) is 12.9. The summed E-state index contributed by atoms with van der Waals surface area (Å²) in [5.41, 5.74) is -0.588. The topological polar surface area (TPSA) is 78.4 Å². The fraction of sp³-hybridized carbons (Fsp3) is 0.667. The molecule has 1 fully saturated rings. The van der Waals surface area contributed by atoms with E-state index < -0.39 is 17.6 Å². The van der Waals surface area contributed by atoms with Crippen molar-refractivity contribution in [2.75, 3.05) is 6.54 Å². The largest absolute Gasteiger partial charge is 0.480 e. The van der Waals surface area contributed by atoms with E-state index in [-0.39, 0.29) is 24.7 Å². The second-order valence-electron chi connectivity index (χ2n) is 4.35. The van der Waals surface area contributed by atoms with Crippen LogP contribution >= 0.6 is 12.4 Å². The highest BCUT2D eigenvalue weighted by Gasteiger charge is 2.40. The van der Waals surface area contributed by atoms with Gasteiger partial charge in [0.2, 0.25) is 5.91 Å². The number of nitrogens with one attached hydrogen (secondary N) is 2. The monoisotopic (exact) mass is 276 g/mol. The average Bonchev–Trinajstić information content (AvgIpc) is 2.78. The van der Waals surface area contributed by atoms with Gasteiger partial charge in [-0.2, -0.15) is 0 Å². The van der Waals surface area contributed by atoms with Gasteiger partial charge in [-0.15, -0.1) is 19.0 Å².